The maximum Gasteiger partial charge on any atom is 0.182 e. The summed E-state index contributed by atoms with van der Waals surface area (Å²) in [4.78, 5) is 2.32. The Balaban J connectivity index is 2.10. The lowest BCUT2D eigenvalue weighted by molar-refractivity contribution is 0.554. The van der Waals surface area contributed by atoms with Crippen molar-refractivity contribution in [1.29, 1.82) is 0 Å². The molecule has 0 amide bonds. The Morgan fingerprint density at radius 3 is 2.29 bits per heavy atom. The minimum Gasteiger partial charge on any atom is -0.372 e. The Hall–Kier alpha value is -1.33. The molecule has 0 saturated carbocycles. The van der Waals surface area contributed by atoms with Gasteiger partial charge in [0.25, 0.3) is 0 Å². The highest BCUT2D eigenvalue weighted by Gasteiger charge is 2.18. The molecule has 92 valence electrons. The van der Waals surface area contributed by atoms with Crippen molar-refractivity contribution in [2.45, 2.75) is 20.0 Å². The molecule has 1 saturated heterocycles. The average molecular weight is 250 g/mol. The maximum atomic E-state index is 5.01. The summed E-state index contributed by atoms with van der Waals surface area (Å²) < 4.78 is 0. The highest BCUT2D eigenvalue weighted by molar-refractivity contribution is 7.80. The van der Waals surface area contributed by atoms with Crippen LogP contribution in [0.25, 0.3) is 0 Å². The minimum absolute atomic E-state index is 0.0632. The Bertz CT molecular complexity index is 386. The molecule has 1 unspecified atom stereocenters. The number of thiocarbonyl (C=S) groups is 1. The molecule has 4 nitrogen and oxygen atoms in total. The predicted octanol–water partition coefficient (Wildman–Crippen LogP) is 1.51. The quantitative estimate of drug-likeness (QED) is 0.707. The highest BCUT2D eigenvalue weighted by Crippen LogP contribution is 2.18. The molecule has 0 radical (unpaired) electrons. The van der Waals surface area contributed by atoms with Crippen molar-refractivity contribution in [3.05, 3.63) is 29.8 Å². The zero-order valence-electron chi connectivity index (χ0n) is 10.2. The number of hydrogen-bond acceptors (Lipinski definition) is 3. The summed E-state index contributed by atoms with van der Waals surface area (Å²) in [5.41, 5.74) is 8.40. The van der Waals surface area contributed by atoms with Crippen molar-refractivity contribution >= 4 is 23.0 Å². The second-order valence-electron chi connectivity index (χ2n) is 3.94. The standard InChI is InChI=1S/C12H18N4S/c1-3-16(4-2)10-7-5-9(6-8-10)11-13-12(17)15-14-11/h5-8,11,14H,3-4H2,1-2H3,(H2,13,15,17). The van der Waals surface area contributed by atoms with Crippen LogP contribution >= 0.6 is 12.2 Å². The lowest BCUT2D eigenvalue weighted by atomic mass is 10.1. The third-order valence-electron chi connectivity index (χ3n) is 2.96. The molecule has 17 heavy (non-hydrogen) atoms. The maximum absolute atomic E-state index is 5.01. The lowest BCUT2D eigenvalue weighted by Gasteiger charge is -2.21. The van der Waals surface area contributed by atoms with Crippen LogP contribution in [0.4, 0.5) is 5.69 Å². The molecular weight excluding hydrogens is 232 g/mol. The second kappa shape index (κ2) is 5.33. The van der Waals surface area contributed by atoms with Crippen molar-refractivity contribution in [3.63, 3.8) is 0 Å². The summed E-state index contributed by atoms with van der Waals surface area (Å²) in [5, 5.41) is 3.78. The number of rotatable bonds is 4. The average Bonchev–Trinajstić information content (AvgIpc) is 2.78. The number of hydrazine groups is 1. The van der Waals surface area contributed by atoms with E-state index >= 15 is 0 Å². The van der Waals surface area contributed by atoms with Gasteiger partial charge in [0, 0.05) is 18.8 Å². The predicted molar refractivity (Wildman–Crippen MR) is 74.7 cm³/mol. The zero-order valence-corrected chi connectivity index (χ0v) is 11.0. The van der Waals surface area contributed by atoms with Gasteiger partial charge in [0.05, 0.1) is 0 Å². The summed E-state index contributed by atoms with van der Waals surface area (Å²) in [6.07, 6.45) is 0.0632. The van der Waals surface area contributed by atoms with Crippen LogP contribution in [0, 0.1) is 0 Å². The fraction of sp³-hybridized carbons (Fsp3) is 0.417. The molecule has 3 N–H and O–H groups in total. The molecule has 0 aliphatic carbocycles. The van der Waals surface area contributed by atoms with Gasteiger partial charge in [-0.1, -0.05) is 12.1 Å². The summed E-state index contributed by atoms with van der Waals surface area (Å²) in [6.45, 7) is 6.39. The second-order valence-corrected chi connectivity index (χ2v) is 4.35. The van der Waals surface area contributed by atoms with Gasteiger partial charge in [0.2, 0.25) is 0 Å². The molecule has 1 aliphatic heterocycles. The molecule has 2 rings (SSSR count). The van der Waals surface area contributed by atoms with Crippen LogP contribution in [0.3, 0.4) is 0 Å². The highest BCUT2D eigenvalue weighted by atomic mass is 32.1. The van der Waals surface area contributed by atoms with E-state index in [4.69, 9.17) is 12.2 Å². The Kier molecular flexibility index (Phi) is 3.81. The smallest absolute Gasteiger partial charge is 0.182 e. The molecule has 1 aromatic rings. The lowest BCUT2D eigenvalue weighted by Crippen LogP contribution is -2.26. The monoisotopic (exact) mass is 250 g/mol. The molecule has 1 atom stereocenters. The molecular formula is C12H18N4S. The van der Waals surface area contributed by atoms with Crippen LogP contribution in [-0.2, 0) is 0 Å². The van der Waals surface area contributed by atoms with Crippen molar-refractivity contribution in [2.75, 3.05) is 18.0 Å². The third-order valence-corrected chi connectivity index (χ3v) is 3.18. The third kappa shape index (κ3) is 2.68. The van der Waals surface area contributed by atoms with E-state index in [1.54, 1.807) is 0 Å². The van der Waals surface area contributed by atoms with Gasteiger partial charge in [-0.15, -0.1) is 0 Å². The number of benzene rings is 1. The van der Waals surface area contributed by atoms with E-state index in [0.717, 1.165) is 13.1 Å². The van der Waals surface area contributed by atoms with Gasteiger partial charge >= 0.3 is 0 Å². The summed E-state index contributed by atoms with van der Waals surface area (Å²) in [6, 6.07) is 8.53. The molecule has 0 aromatic heterocycles. The first kappa shape index (κ1) is 12.1. The molecule has 5 heteroatoms. The van der Waals surface area contributed by atoms with Gasteiger partial charge < -0.3 is 10.2 Å². The number of nitrogens with zero attached hydrogens (tertiary/aromatic N) is 1. The zero-order chi connectivity index (χ0) is 12.3. The molecule has 1 aliphatic rings. The molecule has 1 fully saturated rings. The molecule has 0 bridgehead atoms. The van der Waals surface area contributed by atoms with E-state index in [9.17, 15) is 0 Å². The Morgan fingerprint density at radius 2 is 1.82 bits per heavy atom. The SMILES string of the molecule is CCN(CC)c1ccc(C2NNC(=S)N2)cc1. The Morgan fingerprint density at radius 1 is 1.18 bits per heavy atom. The summed E-state index contributed by atoms with van der Waals surface area (Å²) >= 11 is 5.01. The van der Waals surface area contributed by atoms with Crippen molar-refractivity contribution in [3.8, 4) is 0 Å². The van der Waals surface area contributed by atoms with Gasteiger partial charge in [0.1, 0.15) is 6.17 Å². The normalized spacial score (nSPS) is 18.7. The first-order valence-corrected chi connectivity index (χ1v) is 6.32. The first-order chi connectivity index (χ1) is 8.24. The number of anilines is 1. The number of nitrogens with one attached hydrogen (secondary N) is 3. The van der Waals surface area contributed by atoms with Crippen molar-refractivity contribution < 1.29 is 0 Å². The fourth-order valence-electron chi connectivity index (χ4n) is 1.97. The topological polar surface area (TPSA) is 39.3 Å². The Labute approximate surface area is 107 Å². The van der Waals surface area contributed by atoms with Gasteiger partial charge in [-0.3, -0.25) is 5.43 Å². The van der Waals surface area contributed by atoms with Crippen LogP contribution in [0.5, 0.6) is 0 Å². The van der Waals surface area contributed by atoms with Gasteiger partial charge in [-0.25, -0.2) is 5.43 Å². The van der Waals surface area contributed by atoms with E-state index < -0.39 is 0 Å². The molecule has 0 spiro atoms. The van der Waals surface area contributed by atoms with Crippen molar-refractivity contribution in [2.24, 2.45) is 0 Å². The molecule has 1 heterocycles. The van der Waals surface area contributed by atoms with Crippen LogP contribution in [0.15, 0.2) is 24.3 Å². The fourth-order valence-corrected chi connectivity index (χ4v) is 2.15. The summed E-state index contributed by atoms with van der Waals surface area (Å²) in [7, 11) is 0. The van der Waals surface area contributed by atoms with Crippen LogP contribution < -0.4 is 21.1 Å². The largest absolute Gasteiger partial charge is 0.372 e. The van der Waals surface area contributed by atoms with E-state index in [0.29, 0.717) is 5.11 Å². The van der Waals surface area contributed by atoms with Crippen molar-refractivity contribution in [1.82, 2.24) is 16.2 Å². The van der Waals surface area contributed by atoms with Gasteiger partial charge in [-0.05, 0) is 43.8 Å². The van der Waals surface area contributed by atoms with E-state index in [1.165, 1.54) is 11.3 Å². The van der Waals surface area contributed by atoms with Gasteiger partial charge in [0.15, 0.2) is 5.11 Å². The van der Waals surface area contributed by atoms with E-state index in [1.807, 2.05) is 0 Å². The van der Waals surface area contributed by atoms with Crippen LogP contribution in [-0.4, -0.2) is 18.2 Å². The minimum atomic E-state index is 0.0632. The molecule has 1 aromatic carbocycles. The van der Waals surface area contributed by atoms with E-state index in [2.05, 4.69) is 59.2 Å². The summed E-state index contributed by atoms with van der Waals surface area (Å²) in [5.74, 6) is 0. The first-order valence-electron chi connectivity index (χ1n) is 5.91. The van der Waals surface area contributed by atoms with Crippen LogP contribution in [0.2, 0.25) is 0 Å². The van der Waals surface area contributed by atoms with Crippen LogP contribution in [0.1, 0.15) is 25.6 Å². The van der Waals surface area contributed by atoms with E-state index in [-0.39, 0.29) is 6.17 Å². The van der Waals surface area contributed by atoms with Gasteiger partial charge in [-0.2, -0.15) is 0 Å². The number of hydrogen-bond donors (Lipinski definition) is 3.